The molecule has 0 fully saturated rings. The van der Waals surface area contributed by atoms with Crippen LogP contribution in [-0.2, 0) is 0 Å². The Bertz CT molecular complexity index is 626. The van der Waals surface area contributed by atoms with Crippen LogP contribution in [0.3, 0.4) is 0 Å². The summed E-state index contributed by atoms with van der Waals surface area (Å²) in [6.07, 6.45) is 1.70. The minimum Gasteiger partial charge on any atom is -0.378 e. The van der Waals surface area contributed by atoms with Crippen molar-refractivity contribution >= 4 is 17.2 Å². The van der Waals surface area contributed by atoms with Crippen LogP contribution in [0.5, 0.6) is 0 Å². The Kier molecular flexibility index (Phi) is 3.67. The van der Waals surface area contributed by atoms with Crippen LogP contribution in [-0.4, -0.2) is 19.1 Å². The largest absolute Gasteiger partial charge is 0.378 e. The standard InChI is InChI=1S/C15H16N4/c1-11-7-8-17-15(14(11)10-16)18-12-5-4-6-13(9-12)19(2)3/h4-9H,1-3H3,(H,17,18). The summed E-state index contributed by atoms with van der Waals surface area (Å²) in [5.41, 5.74) is 3.51. The molecule has 1 aromatic carbocycles. The minimum atomic E-state index is 0.581. The minimum absolute atomic E-state index is 0.581. The molecule has 4 heteroatoms. The van der Waals surface area contributed by atoms with Crippen molar-refractivity contribution in [2.45, 2.75) is 6.92 Å². The number of anilines is 3. The topological polar surface area (TPSA) is 52.0 Å². The lowest BCUT2D eigenvalue weighted by Crippen LogP contribution is -2.08. The van der Waals surface area contributed by atoms with Crippen LogP contribution in [0.1, 0.15) is 11.1 Å². The lowest BCUT2D eigenvalue weighted by atomic mass is 10.1. The maximum atomic E-state index is 9.18. The highest BCUT2D eigenvalue weighted by molar-refractivity contribution is 5.67. The highest BCUT2D eigenvalue weighted by atomic mass is 15.1. The van der Waals surface area contributed by atoms with Gasteiger partial charge < -0.3 is 10.2 Å². The Morgan fingerprint density at radius 3 is 2.74 bits per heavy atom. The van der Waals surface area contributed by atoms with E-state index in [1.807, 2.05) is 56.3 Å². The fourth-order valence-corrected chi connectivity index (χ4v) is 1.79. The van der Waals surface area contributed by atoms with E-state index in [1.165, 1.54) is 0 Å². The zero-order valence-electron chi connectivity index (χ0n) is 11.3. The molecular formula is C15H16N4. The van der Waals surface area contributed by atoms with Crippen molar-refractivity contribution in [1.82, 2.24) is 4.98 Å². The molecule has 0 aliphatic carbocycles. The number of pyridine rings is 1. The Morgan fingerprint density at radius 1 is 1.26 bits per heavy atom. The van der Waals surface area contributed by atoms with Crippen molar-refractivity contribution in [2.75, 3.05) is 24.3 Å². The van der Waals surface area contributed by atoms with Crippen LogP contribution in [0.2, 0.25) is 0 Å². The summed E-state index contributed by atoms with van der Waals surface area (Å²) in [5.74, 6) is 0.596. The number of rotatable bonds is 3. The van der Waals surface area contributed by atoms with Crippen LogP contribution < -0.4 is 10.2 Å². The van der Waals surface area contributed by atoms with Crippen molar-refractivity contribution < 1.29 is 0 Å². The molecule has 1 N–H and O–H groups in total. The molecule has 96 valence electrons. The van der Waals surface area contributed by atoms with Crippen LogP contribution in [0.15, 0.2) is 36.5 Å². The first-order chi connectivity index (χ1) is 9.11. The molecule has 4 nitrogen and oxygen atoms in total. The molecule has 0 spiro atoms. The summed E-state index contributed by atoms with van der Waals surface area (Å²) >= 11 is 0. The molecular weight excluding hydrogens is 236 g/mol. The highest BCUT2D eigenvalue weighted by Crippen LogP contribution is 2.23. The predicted molar refractivity (Wildman–Crippen MR) is 77.7 cm³/mol. The van der Waals surface area contributed by atoms with E-state index in [2.05, 4.69) is 16.4 Å². The Labute approximate surface area is 113 Å². The lowest BCUT2D eigenvalue weighted by molar-refractivity contribution is 1.13. The Balaban J connectivity index is 2.34. The van der Waals surface area contributed by atoms with Gasteiger partial charge in [0.1, 0.15) is 11.9 Å². The third-order valence-corrected chi connectivity index (χ3v) is 2.90. The van der Waals surface area contributed by atoms with Crippen LogP contribution in [0.25, 0.3) is 0 Å². The van der Waals surface area contributed by atoms with E-state index in [9.17, 15) is 5.26 Å². The number of hydrogen-bond donors (Lipinski definition) is 1. The van der Waals surface area contributed by atoms with Crippen molar-refractivity contribution in [3.05, 3.63) is 47.7 Å². The first kappa shape index (κ1) is 12.9. The van der Waals surface area contributed by atoms with Gasteiger partial charge >= 0.3 is 0 Å². The van der Waals surface area contributed by atoms with Gasteiger partial charge in [-0.15, -0.1) is 0 Å². The second-order valence-electron chi connectivity index (χ2n) is 4.53. The first-order valence-corrected chi connectivity index (χ1v) is 6.02. The highest BCUT2D eigenvalue weighted by Gasteiger charge is 2.07. The molecule has 0 unspecified atom stereocenters. The summed E-state index contributed by atoms with van der Waals surface area (Å²) in [6.45, 7) is 1.90. The van der Waals surface area contributed by atoms with Crippen LogP contribution in [0, 0.1) is 18.3 Å². The molecule has 0 saturated heterocycles. The maximum Gasteiger partial charge on any atom is 0.148 e. The van der Waals surface area contributed by atoms with E-state index < -0.39 is 0 Å². The van der Waals surface area contributed by atoms with Crippen molar-refractivity contribution in [1.29, 1.82) is 5.26 Å². The van der Waals surface area contributed by atoms with Gasteiger partial charge in [-0.2, -0.15) is 5.26 Å². The molecule has 0 atom stereocenters. The fourth-order valence-electron chi connectivity index (χ4n) is 1.79. The summed E-state index contributed by atoms with van der Waals surface area (Å²) in [5, 5.41) is 12.4. The molecule has 1 aromatic heterocycles. The molecule has 0 amide bonds. The van der Waals surface area contributed by atoms with E-state index >= 15 is 0 Å². The van der Waals surface area contributed by atoms with E-state index in [-0.39, 0.29) is 0 Å². The second-order valence-corrected chi connectivity index (χ2v) is 4.53. The number of hydrogen-bond acceptors (Lipinski definition) is 4. The van der Waals surface area contributed by atoms with E-state index in [4.69, 9.17) is 0 Å². The Morgan fingerprint density at radius 2 is 2.05 bits per heavy atom. The van der Waals surface area contributed by atoms with Gasteiger partial charge in [0.05, 0.1) is 5.56 Å². The second kappa shape index (κ2) is 5.40. The average Bonchev–Trinajstić information content (AvgIpc) is 2.39. The van der Waals surface area contributed by atoms with E-state index in [1.54, 1.807) is 6.20 Å². The van der Waals surface area contributed by atoms with E-state index in [0.29, 0.717) is 11.4 Å². The number of aryl methyl sites for hydroxylation is 1. The molecule has 19 heavy (non-hydrogen) atoms. The zero-order chi connectivity index (χ0) is 13.8. The van der Waals surface area contributed by atoms with Gasteiger partial charge in [-0.1, -0.05) is 6.07 Å². The summed E-state index contributed by atoms with van der Waals surface area (Å²) < 4.78 is 0. The summed E-state index contributed by atoms with van der Waals surface area (Å²) in [4.78, 5) is 6.26. The molecule has 0 saturated carbocycles. The third-order valence-electron chi connectivity index (χ3n) is 2.90. The summed E-state index contributed by atoms with van der Waals surface area (Å²) in [6, 6.07) is 12.0. The Hall–Kier alpha value is -2.54. The van der Waals surface area contributed by atoms with E-state index in [0.717, 1.165) is 16.9 Å². The molecule has 0 aliphatic rings. The number of aromatic nitrogens is 1. The molecule has 0 bridgehead atoms. The summed E-state index contributed by atoms with van der Waals surface area (Å²) in [7, 11) is 3.98. The van der Waals surface area contributed by atoms with Gasteiger partial charge in [0.2, 0.25) is 0 Å². The van der Waals surface area contributed by atoms with Gasteiger partial charge in [0, 0.05) is 31.7 Å². The predicted octanol–water partition coefficient (Wildman–Crippen LogP) is 3.07. The number of nitrogens with zero attached hydrogens (tertiary/aromatic N) is 3. The first-order valence-electron chi connectivity index (χ1n) is 6.02. The van der Waals surface area contributed by atoms with Crippen molar-refractivity contribution in [3.63, 3.8) is 0 Å². The van der Waals surface area contributed by atoms with Gasteiger partial charge in [0.15, 0.2) is 0 Å². The number of benzene rings is 1. The molecule has 2 aromatic rings. The van der Waals surface area contributed by atoms with Gasteiger partial charge in [-0.05, 0) is 36.8 Å². The maximum absolute atomic E-state index is 9.18. The van der Waals surface area contributed by atoms with Crippen molar-refractivity contribution in [3.8, 4) is 6.07 Å². The van der Waals surface area contributed by atoms with Crippen molar-refractivity contribution in [2.24, 2.45) is 0 Å². The SMILES string of the molecule is Cc1ccnc(Nc2cccc(N(C)C)c2)c1C#N. The third kappa shape index (κ3) is 2.83. The molecule has 2 rings (SSSR count). The molecule has 1 heterocycles. The van der Waals surface area contributed by atoms with Gasteiger partial charge in [0.25, 0.3) is 0 Å². The smallest absolute Gasteiger partial charge is 0.148 e. The fraction of sp³-hybridized carbons (Fsp3) is 0.200. The molecule has 0 radical (unpaired) electrons. The quantitative estimate of drug-likeness (QED) is 0.912. The number of nitrogens with one attached hydrogen (secondary N) is 1. The monoisotopic (exact) mass is 252 g/mol. The average molecular weight is 252 g/mol. The van der Waals surface area contributed by atoms with Gasteiger partial charge in [-0.3, -0.25) is 0 Å². The number of nitriles is 1. The zero-order valence-corrected chi connectivity index (χ0v) is 11.3. The van der Waals surface area contributed by atoms with Gasteiger partial charge in [-0.25, -0.2) is 4.98 Å². The normalized spacial score (nSPS) is 9.79. The lowest BCUT2D eigenvalue weighted by Gasteiger charge is -2.14. The van der Waals surface area contributed by atoms with Crippen LogP contribution >= 0.6 is 0 Å². The van der Waals surface area contributed by atoms with Crippen LogP contribution in [0.4, 0.5) is 17.2 Å². The molecule has 0 aliphatic heterocycles.